The Morgan fingerprint density at radius 3 is 2.60 bits per heavy atom. The summed E-state index contributed by atoms with van der Waals surface area (Å²) >= 11 is 0. The standard InChI is InChI=1S/C18H30N2/c1-15(2)20-12-10-17(14-20)13-19-11-9-16(3)18-7-5-4-6-8-18/h4-8,15-17,19H,9-14H2,1-3H3. The van der Waals surface area contributed by atoms with Crippen molar-refractivity contribution >= 4 is 0 Å². The molecule has 1 aromatic rings. The maximum atomic E-state index is 3.66. The Morgan fingerprint density at radius 2 is 1.95 bits per heavy atom. The maximum absolute atomic E-state index is 3.66. The average Bonchev–Trinajstić information content (AvgIpc) is 2.93. The minimum absolute atomic E-state index is 0.652. The van der Waals surface area contributed by atoms with Gasteiger partial charge in [-0.15, -0.1) is 0 Å². The quantitative estimate of drug-likeness (QED) is 0.766. The average molecular weight is 274 g/mol. The summed E-state index contributed by atoms with van der Waals surface area (Å²) < 4.78 is 0. The first-order valence-electron chi connectivity index (χ1n) is 8.16. The fraction of sp³-hybridized carbons (Fsp3) is 0.667. The topological polar surface area (TPSA) is 15.3 Å². The van der Waals surface area contributed by atoms with Crippen LogP contribution < -0.4 is 5.32 Å². The van der Waals surface area contributed by atoms with Gasteiger partial charge in [0.05, 0.1) is 0 Å². The molecule has 1 fully saturated rings. The summed E-state index contributed by atoms with van der Waals surface area (Å²) in [4.78, 5) is 2.60. The zero-order valence-electron chi connectivity index (χ0n) is 13.3. The Labute approximate surface area is 124 Å². The van der Waals surface area contributed by atoms with E-state index in [0.717, 1.165) is 12.5 Å². The molecule has 2 nitrogen and oxygen atoms in total. The SMILES string of the molecule is CC(CCNCC1CCN(C(C)C)C1)c1ccccc1. The molecule has 0 saturated carbocycles. The van der Waals surface area contributed by atoms with Crippen LogP contribution in [0.1, 0.15) is 45.1 Å². The molecule has 2 rings (SSSR count). The third-order valence-electron chi connectivity index (χ3n) is 4.60. The predicted molar refractivity (Wildman–Crippen MR) is 87.2 cm³/mol. The van der Waals surface area contributed by atoms with Crippen molar-refractivity contribution in [3.63, 3.8) is 0 Å². The van der Waals surface area contributed by atoms with Crippen molar-refractivity contribution in [1.82, 2.24) is 10.2 Å². The lowest BCUT2D eigenvalue weighted by Crippen LogP contribution is -2.31. The van der Waals surface area contributed by atoms with Gasteiger partial charge < -0.3 is 10.2 Å². The number of likely N-dealkylation sites (tertiary alicyclic amines) is 1. The van der Waals surface area contributed by atoms with Crippen LogP contribution in [0.4, 0.5) is 0 Å². The van der Waals surface area contributed by atoms with E-state index < -0.39 is 0 Å². The summed E-state index contributed by atoms with van der Waals surface area (Å²) in [7, 11) is 0. The Bertz CT molecular complexity index is 374. The Kier molecular flexibility index (Phi) is 6.06. The van der Waals surface area contributed by atoms with E-state index in [1.807, 2.05) is 0 Å². The molecule has 0 aromatic heterocycles. The summed E-state index contributed by atoms with van der Waals surface area (Å²) in [6.07, 6.45) is 2.59. The monoisotopic (exact) mass is 274 g/mol. The van der Waals surface area contributed by atoms with Crippen molar-refractivity contribution in [3.8, 4) is 0 Å². The molecular weight excluding hydrogens is 244 g/mol. The van der Waals surface area contributed by atoms with Crippen molar-refractivity contribution in [2.75, 3.05) is 26.2 Å². The van der Waals surface area contributed by atoms with Crippen molar-refractivity contribution in [2.24, 2.45) is 5.92 Å². The molecule has 1 N–H and O–H groups in total. The summed E-state index contributed by atoms with van der Waals surface area (Å²) in [5.74, 6) is 1.50. The van der Waals surface area contributed by atoms with Gasteiger partial charge in [-0.3, -0.25) is 0 Å². The number of nitrogens with zero attached hydrogens (tertiary/aromatic N) is 1. The van der Waals surface area contributed by atoms with E-state index in [1.54, 1.807) is 0 Å². The van der Waals surface area contributed by atoms with E-state index >= 15 is 0 Å². The molecule has 1 aliphatic heterocycles. The van der Waals surface area contributed by atoms with E-state index in [2.05, 4.69) is 61.3 Å². The first-order valence-corrected chi connectivity index (χ1v) is 8.16. The predicted octanol–water partition coefficient (Wildman–Crippen LogP) is 3.50. The highest BCUT2D eigenvalue weighted by Crippen LogP contribution is 2.19. The van der Waals surface area contributed by atoms with Crippen LogP contribution in [0.3, 0.4) is 0 Å². The first kappa shape index (κ1) is 15.5. The lowest BCUT2D eigenvalue weighted by Gasteiger charge is -2.20. The van der Waals surface area contributed by atoms with Crippen LogP contribution >= 0.6 is 0 Å². The Morgan fingerprint density at radius 1 is 1.20 bits per heavy atom. The van der Waals surface area contributed by atoms with Crippen LogP contribution in [0.5, 0.6) is 0 Å². The van der Waals surface area contributed by atoms with Crippen molar-refractivity contribution in [3.05, 3.63) is 35.9 Å². The van der Waals surface area contributed by atoms with Gasteiger partial charge in [-0.25, -0.2) is 0 Å². The number of benzene rings is 1. The zero-order chi connectivity index (χ0) is 14.4. The van der Waals surface area contributed by atoms with Crippen LogP contribution in [0.25, 0.3) is 0 Å². The van der Waals surface area contributed by atoms with Gasteiger partial charge in [0, 0.05) is 12.6 Å². The smallest absolute Gasteiger partial charge is 0.00387 e. The lowest BCUT2D eigenvalue weighted by atomic mass is 9.98. The maximum Gasteiger partial charge on any atom is 0.00387 e. The van der Waals surface area contributed by atoms with Gasteiger partial charge in [-0.1, -0.05) is 37.3 Å². The van der Waals surface area contributed by atoms with E-state index in [9.17, 15) is 0 Å². The van der Waals surface area contributed by atoms with Gasteiger partial charge in [0.25, 0.3) is 0 Å². The fourth-order valence-electron chi connectivity index (χ4n) is 3.07. The van der Waals surface area contributed by atoms with Crippen LogP contribution in [0.15, 0.2) is 30.3 Å². The van der Waals surface area contributed by atoms with Crippen LogP contribution in [0.2, 0.25) is 0 Å². The molecule has 2 heteroatoms. The molecule has 1 heterocycles. The van der Waals surface area contributed by atoms with Crippen LogP contribution in [-0.2, 0) is 0 Å². The molecule has 0 amide bonds. The van der Waals surface area contributed by atoms with Gasteiger partial charge in [0.15, 0.2) is 0 Å². The summed E-state index contributed by atoms with van der Waals surface area (Å²) in [6.45, 7) is 11.8. The second kappa shape index (κ2) is 7.80. The van der Waals surface area contributed by atoms with E-state index in [-0.39, 0.29) is 0 Å². The van der Waals surface area contributed by atoms with Crippen molar-refractivity contribution < 1.29 is 0 Å². The molecule has 1 aliphatic rings. The van der Waals surface area contributed by atoms with Gasteiger partial charge in [0.1, 0.15) is 0 Å². The second-order valence-corrected chi connectivity index (χ2v) is 6.55. The summed E-state index contributed by atoms with van der Waals surface area (Å²) in [5.41, 5.74) is 1.46. The normalized spacial score (nSPS) is 21.5. The molecule has 1 saturated heterocycles. The largest absolute Gasteiger partial charge is 0.316 e. The first-order chi connectivity index (χ1) is 9.66. The van der Waals surface area contributed by atoms with Crippen molar-refractivity contribution in [2.45, 2.75) is 45.6 Å². The molecule has 2 atom stereocenters. The minimum atomic E-state index is 0.652. The molecule has 20 heavy (non-hydrogen) atoms. The van der Waals surface area contributed by atoms with E-state index in [4.69, 9.17) is 0 Å². The fourth-order valence-corrected chi connectivity index (χ4v) is 3.07. The van der Waals surface area contributed by atoms with Crippen LogP contribution in [0, 0.1) is 5.92 Å². The Balaban J connectivity index is 1.60. The lowest BCUT2D eigenvalue weighted by molar-refractivity contribution is 0.264. The van der Waals surface area contributed by atoms with Gasteiger partial charge >= 0.3 is 0 Å². The number of hydrogen-bond acceptors (Lipinski definition) is 2. The minimum Gasteiger partial charge on any atom is -0.316 e. The van der Waals surface area contributed by atoms with Crippen molar-refractivity contribution in [1.29, 1.82) is 0 Å². The second-order valence-electron chi connectivity index (χ2n) is 6.55. The number of rotatable bonds is 7. The van der Waals surface area contributed by atoms with Crippen LogP contribution in [-0.4, -0.2) is 37.1 Å². The molecule has 0 radical (unpaired) electrons. The van der Waals surface area contributed by atoms with Gasteiger partial charge in [-0.05, 0) is 63.7 Å². The highest BCUT2D eigenvalue weighted by Gasteiger charge is 2.23. The number of nitrogens with one attached hydrogen (secondary N) is 1. The molecule has 0 spiro atoms. The molecule has 112 valence electrons. The highest BCUT2D eigenvalue weighted by molar-refractivity contribution is 5.18. The summed E-state index contributed by atoms with van der Waals surface area (Å²) in [5, 5.41) is 3.66. The van der Waals surface area contributed by atoms with Gasteiger partial charge in [0.2, 0.25) is 0 Å². The molecule has 0 bridgehead atoms. The molecule has 0 aliphatic carbocycles. The highest BCUT2D eigenvalue weighted by atomic mass is 15.2. The van der Waals surface area contributed by atoms with E-state index in [0.29, 0.717) is 12.0 Å². The molecule has 1 aromatic carbocycles. The zero-order valence-corrected chi connectivity index (χ0v) is 13.3. The van der Waals surface area contributed by atoms with Gasteiger partial charge in [-0.2, -0.15) is 0 Å². The summed E-state index contributed by atoms with van der Waals surface area (Å²) in [6, 6.07) is 11.5. The molecule has 2 unspecified atom stereocenters. The van der Waals surface area contributed by atoms with E-state index in [1.165, 1.54) is 38.0 Å². The molecular formula is C18H30N2. The third-order valence-corrected chi connectivity index (χ3v) is 4.60. The number of hydrogen-bond donors (Lipinski definition) is 1. The third kappa shape index (κ3) is 4.60. The Hall–Kier alpha value is -0.860.